The maximum atomic E-state index is 11.9. The van der Waals surface area contributed by atoms with Gasteiger partial charge in [0.15, 0.2) is 0 Å². The summed E-state index contributed by atoms with van der Waals surface area (Å²) in [5.74, 6) is 0.617. The monoisotopic (exact) mass is 267 g/mol. The molecule has 1 fully saturated rings. The minimum atomic E-state index is -4.06. The summed E-state index contributed by atoms with van der Waals surface area (Å²) in [6.07, 6.45) is 1.49. The zero-order valence-corrected chi connectivity index (χ0v) is 11.1. The highest BCUT2D eigenvalue weighted by atomic mass is 19.4. The average Bonchev–Trinajstić information content (AvgIpc) is 2.33. The van der Waals surface area contributed by atoms with Crippen LogP contribution in [0.5, 0.6) is 0 Å². The lowest BCUT2D eigenvalue weighted by atomic mass is 9.84. The zero-order chi connectivity index (χ0) is 13.4. The summed E-state index contributed by atoms with van der Waals surface area (Å²) in [5.41, 5.74) is 0. The summed E-state index contributed by atoms with van der Waals surface area (Å²) in [6, 6.07) is 0.288. The second-order valence-corrected chi connectivity index (χ2v) is 5.09. The number of alkyl halides is 3. The highest BCUT2D eigenvalue weighted by molar-refractivity contribution is 4.78. The lowest BCUT2D eigenvalue weighted by molar-refractivity contribution is -0.138. The van der Waals surface area contributed by atoms with Crippen LogP contribution < -0.4 is 5.32 Å². The van der Waals surface area contributed by atoms with E-state index in [2.05, 4.69) is 5.32 Å². The molecule has 1 unspecified atom stereocenters. The molecule has 1 aliphatic carbocycles. The van der Waals surface area contributed by atoms with Crippen LogP contribution in [0.25, 0.3) is 0 Å². The third kappa shape index (κ3) is 6.59. The van der Waals surface area contributed by atoms with Crippen LogP contribution in [-0.4, -0.2) is 32.5 Å². The van der Waals surface area contributed by atoms with Gasteiger partial charge in [-0.2, -0.15) is 13.2 Å². The molecule has 0 amide bonds. The Bertz CT molecular complexity index is 215. The van der Waals surface area contributed by atoms with Gasteiger partial charge in [-0.3, -0.25) is 0 Å². The standard InChI is InChI=1S/C13H24F3NO/c1-17-12(11-6-3-2-4-7-11)10-18-9-5-8-13(14,15)16/h11-12,17H,2-10H2,1H3. The van der Waals surface area contributed by atoms with Gasteiger partial charge in [-0.25, -0.2) is 0 Å². The summed E-state index contributed by atoms with van der Waals surface area (Å²) in [7, 11) is 1.90. The van der Waals surface area contributed by atoms with E-state index in [4.69, 9.17) is 4.74 Å². The van der Waals surface area contributed by atoms with Crippen LogP contribution in [0.15, 0.2) is 0 Å². The number of hydrogen-bond donors (Lipinski definition) is 1. The molecule has 0 spiro atoms. The highest BCUT2D eigenvalue weighted by Crippen LogP contribution is 2.26. The number of ether oxygens (including phenoxy) is 1. The van der Waals surface area contributed by atoms with Gasteiger partial charge in [-0.15, -0.1) is 0 Å². The second kappa shape index (κ2) is 8.00. The molecule has 0 aromatic carbocycles. The van der Waals surface area contributed by atoms with Crippen LogP contribution >= 0.6 is 0 Å². The molecule has 0 aliphatic heterocycles. The van der Waals surface area contributed by atoms with Gasteiger partial charge in [0.25, 0.3) is 0 Å². The molecule has 5 heteroatoms. The first kappa shape index (κ1) is 15.8. The van der Waals surface area contributed by atoms with E-state index in [1.165, 1.54) is 32.1 Å². The molecule has 0 radical (unpaired) electrons. The van der Waals surface area contributed by atoms with Gasteiger partial charge in [0.05, 0.1) is 6.61 Å². The van der Waals surface area contributed by atoms with Crippen molar-refractivity contribution >= 4 is 0 Å². The van der Waals surface area contributed by atoms with Crippen molar-refractivity contribution in [1.29, 1.82) is 0 Å². The van der Waals surface area contributed by atoms with E-state index in [9.17, 15) is 13.2 Å². The van der Waals surface area contributed by atoms with Crippen LogP contribution in [0.3, 0.4) is 0 Å². The fourth-order valence-electron chi connectivity index (χ4n) is 2.58. The fourth-order valence-corrected chi connectivity index (χ4v) is 2.58. The molecule has 0 bridgehead atoms. The summed E-state index contributed by atoms with van der Waals surface area (Å²) in [4.78, 5) is 0. The predicted octanol–water partition coefficient (Wildman–Crippen LogP) is 3.51. The van der Waals surface area contributed by atoms with E-state index in [1.54, 1.807) is 0 Å². The van der Waals surface area contributed by atoms with Crippen LogP contribution in [-0.2, 0) is 4.74 Å². The van der Waals surface area contributed by atoms with Crippen molar-refractivity contribution in [3.8, 4) is 0 Å². The number of likely N-dealkylation sites (N-methyl/N-ethyl adjacent to an activating group) is 1. The van der Waals surface area contributed by atoms with Crippen molar-refractivity contribution in [1.82, 2.24) is 5.32 Å². The Morgan fingerprint density at radius 2 is 1.89 bits per heavy atom. The molecule has 108 valence electrons. The lowest BCUT2D eigenvalue weighted by Crippen LogP contribution is -2.38. The smallest absolute Gasteiger partial charge is 0.380 e. The molecule has 1 aliphatic rings. The Morgan fingerprint density at radius 3 is 2.44 bits per heavy atom. The van der Waals surface area contributed by atoms with E-state index in [0.29, 0.717) is 12.5 Å². The molecule has 1 N–H and O–H groups in total. The number of halogens is 3. The molecule has 0 aromatic heterocycles. The fraction of sp³-hybridized carbons (Fsp3) is 1.00. The molecular formula is C13H24F3NO. The minimum absolute atomic E-state index is 0.0601. The maximum absolute atomic E-state index is 11.9. The molecule has 0 heterocycles. The van der Waals surface area contributed by atoms with E-state index >= 15 is 0 Å². The third-order valence-electron chi connectivity index (χ3n) is 3.64. The second-order valence-electron chi connectivity index (χ2n) is 5.09. The van der Waals surface area contributed by atoms with Crippen molar-refractivity contribution in [3.63, 3.8) is 0 Å². The molecule has 2 nitrogen and oxygen atoms in total. The molecule has 18 heavy (non-hydrogen) atoms. The Kier molecular flexibility index (Phi) is 7.00. The van der Waals surface area contributed by atoms with Crippen molar-refractivity contribution in [2.75, 3.05) is 20.3 Å². The van der Waals surface area contributed by atoms with Gasteiger partial charge in [0, 0.05) is 19.1 Å². The van der Waals surface area contributed by atoms with Gasteiger partial charge in [-0.05, 0) is 32.2 Å². The SMILES string of the molecule is CNC(COCCCC(F)(F)F)C1CCCCC1. The number of hydrogen-bond acceptors (Lipinski definition) is 2. The Morgan fingerprint density at radius 1 is 1.22 bits per heavy atom. The van der Waals surface area contributed by atoms with Gasteiger partial charge in [-0.1, -0.05) is 19.3 Å². The normalized spacial score (nSPS) is 20.0. The summed E-state index contributed by atoms with van der Waals surface area (Å²) >= 11 is 0. The van der Waals surface area contributed by atoms with Crippen LogP contribution in [0.1, 0.15) is 44.9 Å². The molecule has 1 saturated carbocycles. The molecular weight excluding hydrogens is 243 g/mol. The molecule has 0 saturated heterocycles. The van der Waals surface area contributed by atoms with Gasteiger partial charge in [0.2, 0.25) is 0 Å². The maximum Gasteiger partial charge on any atom is 0.389 e. The number of rotatable bonds is 7. The van der Waals surface area contributed by atoms with Crippen LogP contribution in [0, 0.1) is 5.92 Å². The molecule has 1 atom stereocenters. The first-order valence-electron chi connectivity index (χ1n) is 6.84. The minimum Gasteiger partial charge on any atom is -0.380 e. The third-order valence-corrected chi connectivity index (χ3v) is 3.64. The summed E-state index contributed by atoms with van der Waals surface area (Å²) in [6.45, 7) is 0.726. The van der Waals surface area contributed by atoms with Crippen LogP contribution in [0.4, 0.5) is 13.2 Å². The van der Waals surface area contributed by atoms with E-state index < -0.39 is 12.6 Å². The lowest BCUT2D eigenvalue weighted by Gasteiger charge is -2.29. The first-order valence-corrected chi connectivity index (χ1v) is 6.84. The molecule has 1 rings (SSSR count). The van der Waals surface area contributed by atoms with E-state index in [1.807, 2.05) is 7.05 Å². The topological polar surface area (TPSA) is 21.3 Å². The zero-order valence-electron chi connectivity index (χ0n) is 11.1. The largest absolute Gasteiger partial charge is 0.389 e. The first-order chi connectivity index (χ1) is 8.53. The summed E-state index contributed by atoms with van der Waals surface area (Å²) in [5, 5.41) is 3.23. The van der Waals surface area contributed by atoms with Gasteiger partial charge < -0.3 is 10.1 Å². The van der Waals surface area contributed by atoms with Crippen LogP contribution in [0.2, 0.25) is 0 Å². The van der Waals surface area contributed by atoms with Crippen molar-refractivity contribution in [2.45, 2.75) is 57.2 Å². The molecule has 0 aromatic rings. The average molecular weight is 267 g/mol. The summed E-state index contributed by atoms with van der Waals surface area (Å²) < 4.78 is 41.2. The Balaban J connectivity index is 2.11. The Labute approximate surface area is 107 Å². The van der Waals surface area contributed by atoms with Crippen molar-refractivity contribution < 1.29 is 17.9 Å². The van der Waals surface area contributed by atoms with Gasteiger partial charge in [0.1, 0.15) is 0 Å². The number of nitrogens with one attached hydrogen (secondary N) is 1. The van der Waals surface area contributed by atoms with E-state index in [0.717, 1.165) is 0 Å². The predicted molar refractivity (Wildman–Crippen MR) is 65.5 cm³/mol. The van der Waals surface area contributed by atoms with Crippen molar-refractivity contribution in [3.05, 3.63) is 0 Å². The Hall–Kier alpha value is -0.290. The quantitative estimate of drug-likeness (QED) is 0.713. The van der Waals surface area contributed by atoms with Crippen molar-refractivity contribution in [2.24, 2.45) is 5.92 Å². The van der Waals surface area contributed by atoms with E-state index in [-0.39, 0.29) is 19.1 Å². The van der Waals surface area contributed by atoms with Gasteiger partial charge >= 0.3 is 6.18 Å². The highest BCUT2D eigenvalue weighted by Gasteiger charge is 2.26.